The number of fused-ring (bicyclic) bond motifs is 1. The van der Waals surface area contributed by atoms with Gasteiger partial charge < -0.3 is 20.0 Å². The van der Waals surface area contributed by atoms with E-state index < -0.39 is 0 Å². The zero-order valence-electron chi connectivity index (χ0n) is 16.2. The van der Waals surface area contributed by atoms with Crippen molar-refractivity contribution in [3.63, 3.8) is 0 Å². The van der Waals surface area contributed by atoms with Crippen molar-refractivity contribution in [1.29, 1.82) is 0 Å². The molecule has 0 unspecified atom stereocenters. The van der Waals surface area contributed by atoms with Gasteiger partial charge in [-0.05, 0) is 19.1 Å². The van der Waals surface area contributed by atoms with Crippen LogP contribution < -0.4 is 15.5 Å². The van der Waals surface area contributed by atoms with E-state index in [1.165, 1.54) is 11.3 Å². The predicted molar refractivity (Wildman–Crippen MR) is 112 cm³/mol. The van der Waals surface area contributed by atoms with E-state index in [9.17, 15) is 0 Å². The largest absolute Gasteiger partial charge is 0.446 e. The number of guanidine groups is 1. The fraction of sp³-hybridized carbons (Fsp3) is 0.368. The molecule has 0 spiro atoms. The van der Waals surface area contributed by atoms with Gasteiger partial charge in [-0.2, -0.15) is 0 Å². The maximum absolute atomic E-state index is 5.66. The summed E-state index contributed by atoms with van der Waals surface area (Å²) in [7, 11) is 1.74. The third-order valence-corrected chi connectivity index (χ3v) is 5.21. The van der Waals surface area contributed by atoms with Gasteiger partial charge in [0, 0.05) is 38.9 Å². The number of rotatable bonds is 4. The number of nitrogens with one attached hydrogen (secondary N) is 2. The van der Waals surface area contributed by atoms with E-state index in [4.69, 9.17) is 9.40 Å². The summed E-state index contributed by atoms with van der Waals surface area (Å²) in [5, 5.41) is 9.15. The number of thiazole rings is 1. The quantitative estimate of drug-likeness (QED) is 0.516. The molecule has 4 heterocycles. The Morgan fingerprint density at radius 3 is 3.00 bits per heavy atom. The van der Waals surface area contributed by atoms with Crippen LogP contribution in [0.3, 0.4) is 0 Å². The van der Waals surface area contributed by atoms with Crippen LogP contribution in [0.4, 0.5) is 10.9 Å². The minimum atomic E-state index is 0.706. The number of nitrogens with zero attached hydrogens (tertiary/aromatic N) is 5. The Morgan fingerprint density at radius 1 is 1.29 bits per heavy atom. The lowest BCUT2D eigenvalue weighted by molar-refractivity contribution is 0.463. The molecule has 9 heteroatoms. The number of aromatic nitrogens is 3. The maximum atomic E-state index is 5.66. The van der Waals surface area contributed by atoms with Crippen molar-refractivity contribution >= 4 is 28.2 Å². The molecule has 0 saturated carbocycles. The van der Waals surface area contributed by atoms with Crippen molar-refractivity contribution < 1.29 is 4.42 Å². The standard InChI is InChI=1S/C19H23N7OS/c1-4-21-18(20-3)25-19-24-15(11-28-19)13-6-5-7-17(23-13)26-9-8-16-14(10-26)22-12(2)27-16/h5-7,11H,4,8-10H2,1-3H3,(H2,20,21,24,25). The summed E-state index contributed by atoms with van der Waals surface area (Å²) in [5.74, 6) is 3.35. The minimum absolute atomic E-state index is 0.706. The van der Waals surface area contributed by atoms with Crippen molar-refractivity contribution in [2.75, 3.05) is 30.4 Å². The van der Waals surface area contributed by atoms with Crippen LogP contribution in [0.1, 0.15) is 24.3 Å². The Balaban J connectivity index is 1.52. The number of aliphatic imine (C=N–C) groups is 1. The number of anilines is 2. The number of aryl methyl sites for hydroxylation is 1. The molecule has 1 aliphatic rings. The van der Waals surface area contributed by atoms with Gasteiger partial charge in [-0.3, -0.25) is 4.99 Å². The highest BCUT2D eigenvalue weighted by Gasteiger charge is 2.22. The molecule has 0 aromatic carbocycles. The second kappa shape index (κ2) is 7.97. The minimum Gasteiger partial charge on any atom is -0.446 e. The first-order valence-corrected chi connectivity index (χ1v) is 10.1. The molecule has 0 bridgehead atoms. The first-order chi connectivity index (χ1) is 13.7. The summed E-state index contributed by atoms with van der Waals surface area (Å²) in [6.07, 6.45) is 0.844. The lowest BCUT2D eigenvalue weighted by Gasteiger charge is -2.26. The molecule has 8 nitrogen and oxygen atoms in total. The topological polar surface area (TPSA) is 91.5 Å². The van der Waals surface area contributed by atoms with E-state index >= 15 is 0 Å². The molecule has 3 aromatic heterocycles. The number of hydrogen-bond acceptors (Lipinski definition) is 7. The lowest BCUT2D eigenvalue weighted by Crippen LogP contribution is -2.30. The SMILES string of the molecule is CCNC(=NC)Nc1nc(-c2cccc(N3CCc4oc(C)nc4C3)n2)cs1. The van der Waals surface area contributed by atoms with Crippen molar-refractivity contribution in [2.45, 2.75) is 26.8 Å². The molecule has 4 rings (SSSR count). The van der Waals surface area contributed by atoms with Crippen molar-refractivity contribution in [3.8, 4) is 11.4 Å². The number of oxazole rings is 1. The molecule has 0 amide bonds. The Bertz CT molecular complexity index is 994. The van der Waals surface area contributed by atoms with Gasteiger partial charge in [-0.25, -0.2) is 15.0 Å². The van der Waals surface area contributed by atoms with E-state index in [2.05, 4.69) is 30.5 Å². The average molecular weight is 398 g/mol. The fourth-order valence-electron chi connectivity index (χ4n) is 3.16. The van der Waals surface area contributed by atoms with Crippen LogP contribution in [0, 0.1) is 6.92 Å². The first kappa shape index (κ1) is 18.4. The van der Waals surface area contributed by atoms with Gasteiger partial charge in [-0.1, -0.05) is 6.07 Å². The Labute approximate surface area is 167 Å². The normalized spacial score (nSPS) is 14.1. The first-order valence-electron chi connectivity index (χ1n) is 9.27. The Morgan fingerprint density at radius 2 is 2.18 bits per heavy atom. The van der Waals surface area contributed by atoms with Crippen LogP contribution >= 0.6 is 11.3 Å². The van der Waals surface area contributed by atoms with Gasteiger partial charge in [0.25, 0.3) is 0 Å². The highest BCUT2D eigenvalue weighted by Crippen LogP contribution is 2.27. The molecule has 28 heavy (non-hydrogen) atoms. The zero-order valence-corrected chi connectivity index (χ0v) is 17.0. The van der Waals surface area contributed by atoms with Gasteiger partial charge in [0.15, 0.2) is 17.0 Å². The summed E-state index contributed by atoms with van der Waals surface area (Å²) in [6.45, 7) is 6.29. The summed E-state index contributed by atoms with van der Waals surface area (Å²) in [6, 6.07) is 6.03. The molecular weight excluding hydrogens is 374 g/mol. The van der Waals surface area contributed by atoms with Crippen LogP contribution in [-0.2, 0) is 13.0 Å². The van der Waals surface area contributed by atoms with Crippen molar-refractivity contribution in [3.05, 3.63) is 40.9 Å². The maximum Gasteiger partial charge on any atom is 0.197 e. The highest BCUT2D eigenvalue weighted by molar-refractivity contribution is 7.14. The summed E-state index contributed by atoms with van der Waals surface area (Å²) < 4.78 is 5.66. The molecule has 0 aliphatic carbocycles. The van der Waals surface area contributed by atoms with Gasteiger partial charge in [0.2, 0.25) is 0 Å². The molecule has 1 aliphatic heterocycles. The molecular formula is C19H23N7OS. The molecule has 0 fully saturated rings. The van der Waals surface area contributed by atoms with E-state index in [-0.39, 0.29) is 0 Å². The van der Waals surface area contributed by atoms with Gasteiger partial charge in [0.1, 0.15) is 23.0 Å². The van der Waals surface area contributed by atoms with Crippen LogP contribution in [-0.4, -0.2) is 41.0 Å². The summed E-state index contributed by atoms with van der Waals surface area (Å²) in [4.78, 5) is 20.4. The van der Waals surface area contributed by atoms with Gasteiger partial charge in [-0.15, -0.1) is 11.3 Å². The monoisotopic (exact) mass is 397 g/mol. The van der Waals surface area contributed by atoms with E-state index in [1.807, 2.05) is 37.4 Å². The summed E-state index contributed by atoms with van der Waals surface area (Å²) in [5.41, 5.74) is 2.70. The zero-order chi connectivity index (χ0) is 19.5. The average Bonchev–Trinajstić information content (AvgIpc) is 3.32. The third kappa shape index (κ3) is 3.84. The molecule has 2 N–H and O–H groups in total. The van der Waals surface area contributed by atoms with E-state index in [0.717, 1.165) is 59.2 Å². The Kier molecular flexibility index (Phi) is 5.25. The van der Waals surface area contributed by atoms with E-state index in [0.29, 0.717) is 12.5 Å². The van der Waals surface area contributed by atoms with Crippen LogP contribution in [0.15, 0.2) is 33.0 Å². The van der Waals surface area contributed by atoms with Crippen molar-refractivity contribution in [2.24, 2.45) is 4.99 Å². The number of hydrogen-bond donors (Lipinski definition) is 2. The molecule has 0 saturated heterocycles. The van der Waals surface area contributed by atoms with Crippen molar-refractivity contribution in [1.82, 2.24) is 20.3 Å². The lowest BCUT2D eigenvalue weighted by atomic mass is 10.1. The van der Waals surface area contributed by atoms with E-state index in [1.54, 1.807) is 7.05 Å². The van der Waals surface area contributed by atoms with Gasteiger partial charge in [0.05, 0.1) is 12.2 Å². The smallest absolute Gasteiger partial charge is 0.197 e. The van der Waals surface area contributed by atoms with Gasteiger partial charge >= 0.3 is 0 Å². The molecule has 0 atom stereocenters. The molecule has 146 valence electrons. The van der Waals surface area contributed by atoms with Crippen LogP contribution in [0.2, 0.25) is 0 Å². The highest BCUT2D eigenvalue weighted by atomic mass is 32.1. The van der Waals surface area contributed by atoms with Crippen LogP contribution in [0.25, 0.3) is 11.4 Å². The third-order valence-electron chi connectivity index (χ3n) is 4.45. The second-order valence-corrected chi connectivity index (χ2v) is 7.28. The molecule has 0 radical (unpaired) electrons. The fourth-order valence-corrected chi connectivity index (χ4v) is 3.87. The molecule has 3 aromatic rings. The number of pyridine rings is 1. The second-order valence-electron chi connectivity index (χ2n) is 6.42. The van der Waals surface area contributed by atoms with Crippen LogP contribution in [0.5, 0.6) is 0 Å². The summed E-state index contributed by atoms with van der Waals surface area (Å²) >= 11 is 1.53. The Hall–Kier alpha value is -2.94. The predicted octanol–water partition coefficient (Wildman–Crippen LogP) is 3.07.